The first kappa shape index (κ1) is 22.9. The molecule has 0 saturated carbocycles. The molecule has 2 saturated heterocycles. The molecule has 8 rings (SSSR count). The molecule has 8 bridgehead atoms. The zero-order chi connectivity index (χ0) is 24.3. The molecule has 36 heavy (non-hydrogen) atoms. The summed E-state index contributed by atoms with van der Waals surface area (Å²) in [5, 5.41) is 6.58. The van der Waals surface area contributed by atoms with Gasteiger partial charge in [0.05, 0.1) is 18.9 Å². The van der Waals surface area contributed by atoms with Gasteiger partial charge >= 0.3 is 0 Å². The van der Waals surface area contributed by atoms with Crippen molar-refractivity contribution in [2.75, 3.05) is 49.6 Å². The summed E-state index contributed by atoms with van der Waals surface area (Å²) in [5.41, 5.74) is 6.46. The molecule has 3 aromatic rings. The smallest absolute Gasteiger partial charge is 0.227 e. The van der Waals surface area contributed by atoms with Gasteiger partial charge in [0.1, 0.15) is 0 Å². The Morgan fingerprint density at radius 1 is 0.944 bits per heavy atom. The molecule has 186 valence electrons. The van der Waals surface area contributed by atoms with Crippen LogP contribution in [0.5, 0.6) is 0 Å². The maximum atomic E-state index is 12.9. The minimum Gasteiger partial charge on any atom is -0.378 e. The lowest BCUT2D eigenvalue weighted by Gasteiger charge is -2.34. The second-order valence-electron chi connectivity index (χ2n) is 9.80. The SMILES string of the molecule is O=C1NCc2ccc(cc2)-c2ccnc(n2)Nc2ccc(N3CCOCC3)c(c2)CN2CCC1CC2. The zero-order valence-corrected chi connectivity index (χ0v) is 20.4. The molecule has 0 spiro atoms. The number of fused-ring (bicyclic) bond motifs is 2. The van der Waals surface area contributed by atoms with E-state index < -0.39 is 0 Å². The lowest BCUT2D eigenvalue weighted by molar-refractivity contribution is -0.126. The van der Waals surface area contributed by atoms with Crippen LogP contribution in [-0.2, 0) is 22.6 Å². The first-order valence-corrected chi connectivity index (χ1v) is 12.9. The quantitative estimate of drug-likeness (QED) is 0.547. The lowest BCUT2D eigenvalue weighted by Crippen LogP contribution is -2.40. The maximum Gasteiger partial charge on any atom is 0.227 e. The Labute approximate surface area is 211 Å². The highest BCUT2D eigenvalue weighted by atomic mass is 16.5. The van der Waals surface area contributed by atoms with Crippen molar-refractivity contribution in [1.82, 2.24) is 20.2 Å². The summed E-state index contributed by atoms with van der Waals surface area (Å²) in [6.07, 6.45) is 3.55. The molecule has 1 aromatic heterocycles. The van der Waals surface area contributed by atoms with E-state index in [0.717, 1.165) is 81.3 Å². The molecule has 0 unspecified atom stereocenters. The van der Waals surface area contributed by atoms with Crippen LogP contribution < -0.4 is 15.5 Å². The Balaban J connectivity index is 1.35. The largest absolute Gasteiger partial charge is 0.378 e. The summed E-state index contributed by atoms with van der Waals surface area (Å²) in [6, 6.07) is 16.7. The number of nitrogens with one attached hydrogen (secondary N) is 2. The van der Waals surface area contributed by atoms with Crippen molar-refractivity contribution in [2.24, 2.45) is 5.92 Å². The van der Waals surface area contributed by atoms with E-state index in [-0.39, 0.29) is 11.8 Å². The van der Waals surface area contributed by atoms with E-state index in [2.05, 4.69) is 67.9 Å². The number of aromatic nitrogens is 2. The fourth-order valence-electron chi connectivity index (χ4n) is 5.33. The van der Waals surface area contributed by atoms with Gasteiger partial charge in [0, 0.05) is 55.2 Å². The number of hydrogen-bond donors (Lipinski definition) is 2. The van der Waals surface area contributed by atoms with Crippen LogP contribution in [0.1, 0.15) is 24.0 Å². The number of rotatable bonds is 1. The van der Waals surface area contributed by atoms with Gasteiger partial charge in [0.25, 0.3) is 0 Å². The second-order valence-corrected chi connectivity index (χ2v) is 9.80. The Morgan fingerprint density at radius 3 is 2.56 bits per heavy atom. The topological polar surface area (TPSA) is 82.6 Å². The average Bonchev–Trinajstić information content (AvgIpc) is 2.93. The number of carbonyl (C=O) groups excluding carboxylic acids is 1. The fourth-order valence-corrected chi connectivity index (χ4v) is 5.33. The fraction of sp³-hybridized carbons (Fsp3) is 0.393. The number of hydrogen-bond acceptors (Lipinski definition) is 7. The molecule has 0 atom stereocenters. The molecule has 5 aliphatic rings. The number of carbonyl (C=O) groups is 1. The molecule has 2 fully saturated rings. The van der Waals surface area contributed by atoms with Gasteiger partial charge in [-0.1, -0.05) is 24.3 Å². The minimum atomic E-state index is 0.0751. The van der Waals surface area contributed by atoms with Crippen LogP contribution in [0, 0.1) is 5.92 Å². The van der Waals surface area contributed by atoms with Gasteiger partial charge in [-0.2, -0.15) is 0 Å². The van der Waals surface area contributed by atoms with E-state index in [9.17, 15) is 4.79 Å². The highest BCUT2D eigenvalue weighted by Gasteiger charge is 2.26. The highest BCUT2D eigenvalue weighted by molar-refractivity contribution is 5.78. The van der Waals surface area contributed by atoms with Crippen LogP contribution in [0.3, 0.4) is 0 Å². The summed E-state index contributed by atoms with van der Waals surface area (Å²) in [7, 11) is 0. The summed E-state index contributed by atoms with van der Waals surface area (Å²) < 4.78 is 5.59. The molecule has 2 N–H and O–H groups in total. The van der Waals surface area contributed by atoms with E-state index in [1.165, 1.54) is 11.3 Å². The first-order valence-electron chi connectivity index (χ1n) is 12.9. The molecule has 1 amide bonds. The van der Waals surface area contributed by atoms with Crippen molar-refractivity contribution in [3.8, 4) is 11.3 Å². The number of ether oxygens (including phenoxy) is 1. The molecule has 6 heterocycles. The second kappa shape index (κ2) is 10.2. The van der Waals surface area contributed by atoms with Crippen molar-refractivity contribution in [1.29, 1.82) is 0 Å². The van der Waals surface area contributed by atoms with Crippen LogP contribution in [-0.4, -0.2) is 60.2 Å². The van der Waals surface area contributed by atoms with Crippen LogP contribution in [0.2, 0.25) is 0 Å². The highest BCUT2D eigenvalue weighted by Crippen LogP contribution is 2.30. The normalized spacial score (nSPS) is 22.2. The van der Waals surface area contributed by atoms with Crippen molar-refractivity contribution in [3.05, 3.63) is 65.9 Å². The molecule has 2 aromatic carbocycles. The van der Waals surface area contributed by atoms with Gasteiger partial charge in [-0.05, 0) is 61.3 Å². The first-order chi connectivity index (χ1) is 17.7. The van der Waals surface area contributed by atoms with Gasteiger partial charge in [-0.3, -0.25) is 9.69 Å². The van der Waals surface area contributed by atoms with Crippen LogP contribution in [0.25, 0.3) is 11.3 Å². The minimum absolute atomic E-state index is 0.0751. The third kappa shape index (κ3) is 5.05. The lowest BCUT2D eigenvalue weighted by atomic mass is 9.95. The third-order valence-corrected chi connectivity index (χ3v) is 7.41. The molecule has 0 aliphatic carbocycles. The van der Waals surface area contributed by atoms with Crippen molar-refractivity contribution in [2.45, 2.75) is 25.9 Å². The summed E-state index contributed by atoms with van der Waals surface area (Å²) in [4.78, 5) is 27.0. The monoisotopic (exact) mass is 484 g/mol. The van der Waals surface area contributed by atoms with Gasteiger partial charge in [-0.15, -0.1) is 0 Å². The molecule has 0 radical (unpaired) electrons. The number of nitrogens with zero attached hydrogens (tertiary/aromatic N) is 4. The molecule has 8 heteroatoms. The van der Waals surface area contributed by atoms with E-state index in [1.807, 2.05) is 6.07 Å². The Morgan fingerprint density at radius 2 is 1.75 bits per heavy atom. The summed E-state index contributed by atoms with van der Waals surface area (Å²) in [5.74, 6) is 0.816. The van der Waals surface area contributed by atoms with Gasteiger partial charge in [-0.25, -0.2) is 9.97 Å². The predicted molar refractivity (Wildman–Crippen MR) is 140 cm³/mol. The Bertz CT molecular complexity index is 1220. The number of benzene rings is 2. The van der Waals surface area contributed by atoms with Crippen LogP contribution in [0.4, 0.5) is 17.3 Å². The molecule has 5 aliphatic heterocycles. The van der Waals surface area contributed by atoms with Gasteiger partial charge in [0.15, 0.2) is 0 Å². The third-order valence-electron chi connectivity index (χ3n) is 7.41. The van der Waals surface area contributed by atoms with Crippen molar-refractivity contribution < 1.29 is 9.53 Å². The van der Waals surface area contributed by atoms with E-state index in [1.54, 1.807) is 6.20 Å². The summed E-state index contributed by atoms with van der Waals surface area (Å²) in [6.45, 7) is 6.52. The zero-order valence-electron chi connectivity index (χ0n) is 20.4. The number of anilines is 3. The maximum absolute atomic E-state index is 12.9. The summed E-state index contributed by atoms with van der Waals surface area (Å²) >= 11 is 0. The van der Waals surface area contributed by atoms with Gasteiger partial charge < -0.3 is 20.3 Å². The average molecular weight is 485 g/mol. The standard InChI is InChI=1S/C28H32N6O2/c35-27-22-8-11-33(12-9-22)19-23-17-24(5-6-26(23)34-13-15-36-16-14-34)31-28-29-10-7-25(32-28)21-3-1-20(2-4-21)18-30-27/h1-7,10,17,22H,8-9,11-16,18-19H2,(H,30,35)(H,29,31,32). The van der Waals surface area contributed by atoms with Crippen molar-refractivity contribution in [3.63, 3.8) is 0 Å². The van der Waals surface area contributed by atoms with E-state index in [0.29, 0.717) is 12.5 Å². The number of piperidine rings is 1. The Kier molecular flexibility index (Phi) is 6.53. The predicted octanol–water partition coefficient (Wildman–Crippen LogP) is 3.57. The van der Waals surface area contributed by atoms with Crippen molar-refractivity contribution >= 4 is 23.2 Å². The number of morpholine rings is 1. The van der Waals surface area contributed by atoms with Crippen LogP contribution in [0.15, 0.2) is 54.7 Å². The molecule has 8 nitrogen and oxygen atoms in total. The van der Waals surface area contributed by atoms with E-state index in [4.69, 9.17) is 9.72 Å². The number of amides is 1. The van der Waals surface area contributed by atoms with E-state index >= 15 is 0 Å². The van der Waals surface area contributed by atoms with Gasteiger partial charge in [0.2, 0.25) is 11.9 Å². The van der Waals surface area contributed by atoms with Crippen LogP contribution >= 0.6 is 0 Å². The molecular formula is C28H32N6O2. The molecular weight excluding hydrogens is 452 g/mol. The Hall–Kier alpha value is -3.49.